The van der Waals surface area contributed by atoms with Crippen LogP contribution in [0, 0.1) is 0 Å². The second-order valence-electron chi connectivity index (χ2n) is 4.26. The van der Waals surface area contributed by atoms with Gasteiger partial charge in [-0.1, -0.05) is 13.3 Å². The highest BCUT2D eigenvalue weighted by Crippen LogP contribution is 1.89. The van der Waals surface area contributed by atoms with Crippen LogP contribution in [0.3, 0.4) is 0 Å². The van der Waals surface area contributed by atoms with Crippen molar-refractivity contribution in [1.82, 2.24) is 16.1 Å². The van der Waals surface area contributed by atoms with E-state index in [1.807, 2.05) is 13.8 Å². The van der Waals surface area contributed by atoms with E-state index in [1.165, 1.54) is 0 Å². The van der Waals surface area contributed by atoms with Crippen molar-refractivity contribution in [3.63, 3.8) is 0 Å². The van der Waals surface area contributed by atoms with Gasteiger partial charge in [-0.2, -0.15) is 0 Å². The molecule has 17 heavy (non-hydrogen) atoms. The third-order valence-corrected chi connectivity index (χ3v) is 2.10. The summed E-state index contributed by atoms with van der Waals surface area (Å²) >= 11 is 0. The van der Waals surface area contributed by atoms with Crippen LogP contribution in [-0.4, -0.2) is 30.5 Å². The van der Waals surface area contributed by atoms with E-state index in [9.17, 15) is 4.79 Å². The number of hydrazine groups is 1. The van der Waals surface area contributed by atoms with Crippen molar-refractivity contribution >= 4 is 11.9 Å². The van der Waals surface area contributed by atoms with Gasteiger partial charge < -0.3 is 10.6 Å². The van der Waals surface area contributed by atoms with Crippen molar-refractivity contribution < 1.29 is 4.79 Å². The molecule has 0 saturated carbocycles. The minimum Gasteiger partial charge on any atom is -0.352 e. The van der Waals surface area contributed by atoms with Crippen LogP contribution in [0.4, 0.5) is 0 Å². The van der Waals surface area contributed by atoms with Crippen molar-refractivity contribution in [2.45, 2.75) is 52.6 Å². The Bertz CT molecular complexity index is 252. The van der Waals surface area contributed by atoms with E-state index in [0.717, 1.165) is 12.8 Å². The smallest absolute Gasteiger partial charge is 0.242 e. The number of nitrogens with zero attached hydrogens (tertiary/aromatic N) is 1. The Kier molecular flexibility index (Phi) is 8.13. The van der Waals surface area contributed by atoms with Gasteiger partial charge in [0, 0.05) is 12.6 Å². The van der Waals surface area contributed by atoms with Gasteiger partial charge in [-0.15, -0.1) is 0 Å². The summed E-state index contributed by atoms with van der Waals surface area (Å²) in [6.07, 6.45) is 2.07. The molecule has 0 heterocycles. The zero-order chi connectivity index (χ0) is 13.3. The second-order valence-corrected chi connectivity index (χ2v) is 4.26. The zero-order valence-corrected chi connectivity index (χ0v) is 11.2. The third kappa shape index (κ3) is 7.57. The molecule has 0 radical (unpaired) electrons. The Hall–Kier alpha value is -1.30. The molecule has 6 nitrogen and oxygen atoms in total. The van der Waals surface area contributed by atoms with E-state index < -0.39 is 0 Å². The summed E-state index contributed by atoms with van der Waals surface area (Å²) in [7, 11) is 0. The van der Waals surface area contributed by atoms with Gasteiger partial charge in [-0.3, -0.25) is 15.2 Å². The van der Waals surface area contributed by atoms with E-state index in [0.29, 0.717) is 12.5 Å². The van der Waals surface area contributed by atoms with E-state index in [4.69, 9.17) is 5.84 Å². The number of rotatable bonds is 6. The van der Waals surface area contributed by atoms with E-state index in [1.54, 1.807) is 6.92 Å². The number of nitrogens with one attached hydrogen (secondary N) is 3. The van der Waals surface area contributed by atoms with Gasteiger partial charge in [-0.05, 0) is 27.2 Å². The fourth-order valence-corrected chi connectivity index (χ4v) is 1.16. The molecule has 0 fully saturated rings. The number of hydrogen-bond donors (Lipinski definition) is 4. The molecule has 0 bridgehead atoms. The van der Waals surface area contributed by atoms with Gasteiger partial charge in [-0.25, -0.2) is 5.84 Å². The molecule has 1 unspecified atom stereocenters. The molecule has 0 aromatic rings. The number of hydrogen-bond acceptors (Lipinski definition) is 3. The highest BCUT2D eigenvalue weighted by Gasteiger charge is 2.14. The summed E-state index contributed by atoms with van der Waals surface area (Å²) in [5.41, 5.74) is 2.46. The molecule has 0 spiro atoms. The summed E-state index contributed by atoms with van der Waals surface area (Å²) in [5, 5.41) is 5.75. The molecular formula is C11H25N5O. The molecule has 100 valence electrons. The Balaban J connectivity index is 4.17. The fourth-order valence-electron chi connectivity index (χ4n) is 1.16. The van der Waals surface area contributed by atoms with Gasteiger partial charge in [0.25, 0.3) is 0 Å². The lowest BCUT2D eigenvalue weighted by Crippen LogP contribution is -2.52. The third-order valence-electron chi connectivity index (χ3n) is 2.10. The van der Waals surface area contributed by atoms with Gasteiger partial charge in [0.2, 0.25) is 11.9 Å². The van der Waals surface area contributed by atoms with Crippen LogP contribution >= 0.6 is 0 Å². The first-order valence-electron chi connectivity index (χ1n) is 6.09. The number of carbonyl (C=O) groups is 1. The van der Waals surface area contributed by atoms with Crippen molar-refractivity contribution in [1.29, 1.82) is 0 Å². The molecule has 6 heteroatoms. The molecule has 5 N–H and O–H groups in total. The Morgan fingerprint density at radius 3 is 2.41 bits per heavy atom. The molecule has 0 saturated heterocycles. The van der Waals surface area contributed by atoms with Gasteiger partial charge in [0.1, 0.15) is 6.04 Å². The molecule has 0 rings (SSSR count). The quantitative estimate of drug-likeness (QED) is 0.175. The summed E-state index contributed by atoms with van der Waals surface area (Å²) < 4.78 is 0. The molecule has 0 aromatic carbocycles. The predicted octanol–water partition coefficient (Wildman–Crippen LogP) is 0.109. The maximum atomic E-state index is 11.6. The molecular weight excluding hydrogens is 218 g/mol. The van der Waals surface area contributed by atoms with Crippen LogP contribution in [0.2, 0.25) is 0 Å². The Morgan fingerprint density at radius 1 is 1.29 bits per heavy atom. The lowest BCUT2D eigenvalue weighted by atomic mass is 10.3. The Morgan fingerprint density at radius 2 is 1.94 bits per heavy atom. The van der Waals surface area contributed by atoms with Crippen LogP contribution in [0.15, 0.2) is 4.99 Å². The maximum absolute atomic E-state index is 11.6. The Labute approximate surface area is 103 Å². The van der Waals surface area contributed by atoms with Crippen LogP contribution in [0.1, 0.15) is 40.5 Å². The number of carbonyl (C=O) groups excluding carboxylic acids is 1. The minimum atomic E-state index is -0.367. The van der Waals surface area contributed by atoms with Gasteiger partial charge in [0.15, 0.2) is 0 Å². The summed E-state index contributed by atoms with van der Waals surface area (Å²) in [5.74, 6) is 5.71. The monoisotopic (exact) mass is 243 g/mol. The van der Waals surface area contributed by atoms with Crippen LogP contribution in [0.5, 0.6) is 0 Å². The van der Waals surface area contributed by atoms with E-state index in [2.05, 4.69) is 28.0 Å². The van der Waals surface area contributed by atoms with Gasteiger partial charge >= 0.3 is 0 Å². The van der Waals surface area contributed by atoms with Crippen LogP contribution in [-0.2, 0) is 4.79 Å². The number of amides is 1. The van der Waals surface area contributed by atoms with Crippen LogP contribution < -0.4 is 21.9 Å². The van der Waals surface area contributed by atoms with Crippen LogP contribution in [0.25, 0.3) is 0 Å². The number of nitrogens with two attached hydrogens (primary N) is 1. The van der Waals surface area contributed by atoms with Crippen molar-refractivity contribution in [3.8, 4) is 0 Å². The fraction of sp³-hybridized carbons (Fsp3) is 0.818. The zero-order valence-electron chi connectivity index (χ0n) is 11.2. The lowest BCUT2D eigenvalue weighted by molar-refractivity contribution is -0.122. The first-order chi connectivity index (χ1) is 8.01. The summed E-state index contributed by atoms with van der Waals surface area (Å²) in [6.45, 7) is 8.40. The molecule has 0 aromatic heterocycles. The van der Waals surface area contributed by atoms with Gasteiger partial charge in [0.05, 0.1) is 0 Å². The number of aliphatic imine (C=N–C) groups is 1. The molecule has 0 aliphatic rings. The second kappa shape index (κ2) is 8.81. The van der Waals surface area contributed by atoms with E-state index >= 15 is 0 Å². The van der Waals surface area contributed by atoms with Crippen molar-refractivity contribution in [2.75, 3.05) is 6.54 Å². The molecule has 0 aliphatic heterocycles. The predicted molar refractivity (Wildman–Crippen MR) is 70.4 cm³/mol. The maximum Gasteiger partial charge on any atom is 0.242 e. The first kappa shape index (κ1) is 15.7. The highest BCUT2D eigenvalue weighted by atomic mass is 16.2. The number of unbranched alkanes of at least 4 members (excludes halogenated alkanes) is 1. The number of guanidine groups is 1. The standard InChI is InChI=1S/C11H25N5O/c1-5-6-7-13-11(16-12)15-9(4)10(17)14-8(2)3/h8-9H,5-7,12H2,1-4H3,(H,14,17)(H2,13,15,16). The SMILES string of the molecule is CCCCN=C(NN)NC(C)C(=O)NC(C)C. The van der Waals surface area contributed by atoms with Crippen molar-refractivity contribution in [2.24, 2.45) is 10.8 Å². The molecule has 1 atom stereocenters. The average Bonchev–Trinajstić information content (AvgIpc) is 2.26. The highest BCUT2D eigenvalue weighted by molar-refractivity contribution is 5.88. The molecule has 0 aliphatic carbocycles. The van der Waals surface area contributed by atoms with E-state index in [-0.39, 0.29) is 18.0 Å². The first-order valence-corrected chi connectivity index (χ1v) is 6.09. The lowest BCUT2D eigenvalue weighted by Gasteiger charge is -2.17. The topological polar surface area (TPSA) is 91.5 Å². The summed E-state index contributed by atoms with van der Waals surface area (Å²) in [6, 6.07) is -0.244. The summed E-state index contributed by atoms with van der Waals surface area (Å²) in [4.78, 5) is 15.9. The van der Waals surface area contributed by atoms with Crippen molar-refractivity contribution in [3.05, 3.63) is 0 Å². The average molecular weight is 243 g/mol. The largest absolute Gasteiger partial charge is 0.352 e. The normalized spacial score (nSPS) is 13.4. The minimum absolute atomic E-state index is 0.0709. The molecule has 1 amide bonds.